The van der Waals surface area contributed by atoms with Gasteiger partial charge in [-0.2, -0.15) is 13.2 Å². The van der Waals surface area contributed by atoms with Crippen LogP contribution < -0.4 is 0 Å². The number of halogens is 3. The van der Waals surface area contributed by atoms with Crippen molar-refractivity contribution in [3.05, 3.63) is 42.6 Å². The van der Waals surface area contributed by atoms with Crippen LogP contribution in [0.3, 0.4) is 0 Å². The van der Waals surface area contributed by atoms with Crippen molar-refractivity contribution < 1.29 is 13.2 Å². The molecule has 0 amide bonds. The van der Waals surface area contributed by atoms with E-state index in [9.17, 15) is 13.2 Å². The highest BCUT2D eigenvalue weighted by Gasteiger charge is 2.34. The van der Waals surface area contributed by atoms with Crippen LogP contribution in [0.5, 0.6) is 0 Å². The fourth-order valence-electron chi connectivity index (χ4n) is 1.18. The lowest BCUT2D eigenvalue weighted by Crippen LogP contribution is -2.10. The molecule has 2 heterocycles. The van der Waals surface area contributed by atoms with Gasteiger partial charge in [-0.1, -0.05) is 0 Å². The molecule has 0 saturated carbocycles. The lowest BCUT2D eigenvalue weighted by Gasteiger charge is -2.06. The van der Waals surface area contributed by atoms with Crippen LogP contribution in [-0.2, 0) is 6.18 Å². The number of rotatable bonds is 1. The molecule has 0 radical (unpaired) electrons. The molecule has 0 N–H and O–H groups in total. The van der Waals surface area contributed by atoms with E-state index in [1.54, 1.807) is 12.1 Å². The number of alkyl halides is 3. The summed E-state index contributed by atoms with van der Waals surface area (Å²) >= 11 is 0. The van der Waals surface area contributed by atoms with Crippen molar-refractivity contribution in [1.82, 2.24) is 15.0 Å². The lowest BCUT2D eigenvalue weighted by molar-refractivity contribution is -0.144. The molecule has 2 aromatic heterocycles. The molecule has 3 nitrogen and oxygen atoms in total. The third-order valence-corrected chi connectivity index (χ3v) is 1.89. The van der Waals surface area contributed by atoms with Gasteiger partial charge >= 0.3 is 6.18 Å². The summed E-state index contributed by atoms with van der Waals surface area (Å²) in [6, 6.07) is 4.59. The second kappa shape index (κ2) is 3.88. The average Bonchev–Trinajstić information content (AvgIpc) is 2.29. The van der Waals surface area contributed by atoms with Gasteiger partial charge in [-0.3, -0.25) is 4.98 Å². The van der Waals surface area contributed by atoms with Gasteiger partial charge in [0, 0.05) is 24.2 Å². The maximum atomic E-state index is 12.3. The second-order valence-electron chi connectivity index (χ2n) is 3.00. The lowest BCUT2D eigenvalue weighted by atomic mass is 10.2. The highest BCUT2D eigenvalue weighted by Crippen LogP contribution is 2.27. The Balaban J connectivity index is 2.45. The molecule has 2 rings (SSSR count). The smallest absolute Gasteiger partial charge is 0.265 e. The summed E-state index contributed by atoms with van der Waals surface area (Å²) < 4.78 is 37.0. The summed E-state index contributed by atoms with van der Waals surface area (Å²) in [6.45, 7) is 0. The topological polar surface area (TPSA) is 38.7 Å². The Morgan fingerprint density at radius 1 is 0.938 bits per heavy atom. The number of nitrogens with zero attached hydrogens (tertiary/aromatic N) is 3. The predicted molar refractivity (Wildman–Crippen MR) is 50.3 cm³/mol. The van der Waals surface area contributed by atoms with E-state index in [1.807, 2.05) is 0 Å². The number of pyridine rings is 1. The molecular weight excluding hydrogens is 219 g/mol. The van der Waals surface area contributed by atoms with Gasteiger partial charge in [0.25, 0.3) is 0 Å². The fourth-order valence-corrected chi connectivity index (χ4v) is 1.18. The first kappa shape index (κ1) is 10.5. The molecule has 0 spiro atoms. The Hall–Kier alpha value is -1.98. The molecule has 2 aromatic rings. The van der Waals surface area contributed by atoms with Gasteiger partial charge in [0.15, 0.2) is 0 Å². The SMILES string of the molecule is FC(F)(F)c1nccc(-c2ccncc2)n1. The molecule has 0 atom stereocenters. The molecule has 0 unspecified atom stereocenters. The van der Waals surface area contributed by atoms with Gasteiger partial charge in [-0.15, -0.1) is 0 Å². The number of aromatic nitrogens is 3. The van der Waals surface area contributed by atoms with E-state index in [1.165, 1.54) is 18.5 Å². The third kappa shape index (κ3) is 2.16. The quantitative estimate of drug-likeness (QED) is 0.748. The Morgan fingerprint density at radius 2 is 1.62 bits per heavy atom. The molecular formula is C10H6F3N3. The van der Waals surface area contributed by atoms with Crippen molar-refractivity contribution in [3.63, 3.8) is 0 Å². The molecule has 0 fully saturated rings. The van der Waals surface area contributed by atoms with Crippen LogP contribution in [0.1, 0.15) is 5.82 Å². The standard InChI is InChI=1S/C10H6F3N3/c11-10(12,13)9-15-6-3-8(16-9)7-1-4-14-5-2-7/h1-6H. The predicted octanol–water partition coefficient (Wildman–Crippen LogP) is 2.56. The van der Waals surface area contributed by atoms with E-state index in [0.29, 0.717) is 5.56 Å². The first-order valence-electron chi connectivity index (χ1n) is 4.38. The second-order valence-corrected chi connectivity index (χ2v) is 3.00. The Bertz CT molecular complexity index is 482. The van der Waals surface area contributed by atoms with Crippen molar-refractivity contribution in [2.45, 2.75) is 6.18 Å². The summed E-state index contributed by atoms with van der Waals surface area (Å²) in [5, 5.41) is 0. The minimum absolute atomic E-state index is 0.227. The summed E-state index contributed by atoms with van der Waals surface area (Å²) in [5.74, 6) is -1.14. The molecule has 0 saturated heterocycles. The summed E-state index contributed by atoms with van der Waals surface area (Å²) in [6.07, 6.45) is -0.454. The summed E-state index contributed by atoms with van der Waals surface area (Å²) in [5.41, 5.74) is 0.799. The van der Waals surface area contributed by atoms with Crippen LogP contribution in [0.4, 0.5) is 13.2 Å². The van der Waals surface area contributed by atoms with E-state index in [2.05, 4.69) is 15.0 Å². The highest BCUT2D eigenvalue weighted by molar-refractivity contribution is 5.57. The van der Waals surface area contributed by atoms with E-state index in [-0.39, 0.29) is 5.69 Å². The molecule has 82 valence electrons. The molecule has 0 aliphatic rings. The first-order valence-corrected chi connectivity index (χ1v) is 4.38. The fraction of sp³-hybridized carbons (Fsp3) is 0.100. The maximum Gasteiger partial charge on any atom is 0.451 e. The molecule has 6 heteroatoms. The van der Waals surface area contributed by atoms with Gasteiger partial charge in [0.1, 0.15) is 0 Å². The zero-order valence-electron chi connectivity index (χ0n) is 7.94. The van der Waals surface area contributed by atoms with Crippen molar-refractivity contribution >= 4 is 0 Å². The maximum absolute atomic E-state index is 12.3. The molecule has 0 aliphatic carbocycles. The van der Waals surface area contributed by atoms with Gasteiger partial charge in [0.05, 0.1) is 5.69 Å². The van der Waals surface area contributed by atoms with Crippen LogP contribution in [0, 0.1) is 0 Å². The largest absolute Gasteiger partial charge is 0.451 e. The van der Waals surface area contributed by atoms with Crippen molar-refractivity contribution in [2.75, 3.05) is 0 Å². The Morgan fingerprint density at radius 3 is 2.25 bits per heavy atom. The van der Waals surface area contributed by atoms with Crippen LogP contribution in [-0.4, -0.2) is 15.0 Å². The van der Waals surface area contributed by atoms with Crippen LogP contribution in [0.15, 0.2) is 36.8 Å². The van der Waals surface area contributed by atoms with Crippen LogP contribution in [0.2, 0.25) is 0 Å². The van der Waals surface area contributed by atoms with E-state index >= 15 is 0 Å². The average molecular weight is 225 g/mol. The first-order chi connectivity index (χ1) is 7.57. The molecule has 0 aromatic carbocycles. The minimum atomic E-state index is -4.52. The molecule has 0 aliphatic heterocycles. The number of hydrogen-bond donors (Lipinski definition) is 0. The van der Waals surface area contributed by atoms with Crippen LogP contribution >= 0.6 is 0 Å². The number of hydrogen-bond acceptors (Lipinski definition) is 3. The van der Waals surface area contributed by atoms with Gasteiger partial charge in [0.2, 0.25) is 5.82 Å². The third-order valence-electron chi connectivity index (χ3n) is 1.89. The van der Waals surface area contributed by atoms with Crippen molar-refractivity contribution in [3.8, 4) is 11.3 Å². The molecule has 16 heavy (non-hydrogen) atoms. The minimum Gasteiger partial charge on any atom is -0.265 e. The molecule has 0 bridgehead atoms. The zero-order chi connectivity index (χ0) is 11.6. The highest BCUT2D eigenvalue weighted by atomic mass is 19.4. The Kier molecular flexibility index (Phi) is 2.55. The van der Waals surface area contributed by atoms with E-state index < -0.39 is 12.0 Å². The van der Waals surface area contributed by atoms with Gasteiger partial charge in [-0.25, -0.2) is 9.97 Å². The van der Waals surface area contributed by atoms with Gasteiger partial charge < -0.3 is 0 Å². The summed E-state index contributed by atoms with van der Waals surface area (Å²) in [4.78, 5) is 10.4. The van der Waals surface area contributed by atoms with Gasteiger partial charge in [-0.05, 0) is 18.2 Å². The van der Waals surface area contributed by atoms with Crippen molar-refractivity contribution in [1.29, 1.82) is 0 Å². The monoisotopic (exact) mass is 225 g/mol. The van der Waals surface area contributed by atoms with E-state index in [4.69, 9.17) is 0 Å². The normalized spacial score (nSPS) is 11.4. The van der Waals surface area contributed by atoms with Crippen molar-refractivity contribution in [2.24, 2.45) is 0 Å². The Labute approximate surface area is 89.0 Å². The summed E-state index contributed by atoms with van der Waals surface area (Å²) in [7, 11) is 0. The zero-order valence-corrected chi connectivity index (χ0v) is 7.94. The van der Waals surface area contributed by atoms with Crippen LogP contribution in [0.25, 0.3) is 11.3 Å². The van der Waals surface area contributed by atoms with E-state index in [0.717, 1.165) is 6.20 Å².